The number of alkyl halides is 3. The number of hydrogen-bond donors (Lipinski definition) is 0. The first-order chi connectivity index (χ1) is 13.3. The molecule has 0 amide bonds. The molecule has 1 fully saturated rings. The van der Waals surface area contributed by atoms with Gasteiger partial charge in [0.05, 0.1) is 0 Å². The summed E-state index contributed by atoms with van der Waals surface area (Å²) < 4.78 is 63.2. The van der Waals surface area contributed by atoms with Crippen LogP contribution < -0.4 is 0 Å². The van der Waals surface area contributed by atoms with Gasteiger partial charge >= 0.3 is 15.5 Å². The third-order valence-electron chi connectivity index (χ3n) is 4.81. The van der Waals surface area contributed by atoms with Crippen molar-refractivity contribution in [2.45, 2.75) is 24.3 Å². The molecule has 28 heavy (non-hydrogen) atoms. The predicted octanol–water partition coefficient (Wildman–Crippen LogP) is 2.82. The van der Waals surface area contributed by atoms with Crippen molar-refractivity contribution in [3.63, 3.8) is 0 Å². The minimum Gasteiger partial charge on any atom is -0.265 e. The molecular formula is C17H16F3N5O2S. The van der Waals surface area contributed by atoms with Gasteiger partial charge in [0.2, 0.25) is 0 Å². The van der Waals surface area contributed by atoms with E-state index < -0.39 is 15.5 Å². The number of fused-ring (bicyclic) bond motifs is 1. The van der Waals surface area contributed by atoms with E-state index in [9.17, 15) is 21.6 Å². The van der Waals surface area contributed by atoms with E-state index in [-0.39, 0.29) is 31.8 Å². The van der Waals surface area contributed by atoms with Gasteiger partial charge in [-0.05, 0) is 42.7 Å². The molecule has 0 aromatic carbocycles. The number of hydrogen-bond acceptors (Lipinski definition) is 5. The Morgan fingerprint density at radius 3 is 2.32 bits per heavy atom. The van der Waals surface area contributed by atoms with E-state index in [0.717, 1.165) is 11.1 Å². The maximum atomic E-state index is 12.7. The van der Waals surface area contributed by atoms with Gasteiger partial charge in [-0.15, -0.1) is 0 Å². The maximum Gasteiger partial charge on any atom is 0.511 e. The summed E-state index contributed by atoms with van der Waals surface area (Å²) in [6.45, 7) is -0.408. The summed E-state index contributed by atoms with van der Waals surface area (Å²) in [5.74, 6) is 0.319. The quantitative estimate of drug-likeness (QED) is 0.662. The van der Waals surface area contributed by atoms with E-state index >= 15 is 0 Å². The molecule has 3 aromatic heterocycles. The Labute approximate surface area is 158 Å². The van der Waals surface area contributed by atoms with Gasteiger partial charge in [0.25, 0.3) is 0 Å². The Bertz CT molecular complexity index is 1090. The second-order valence-electron chi connectivity index (χ2n) is 6.55. The smallest absolute Gasteiger partial charge is 0.265 e. The summed E-state index contributed by atoms with van der Waals surface area (Å²) in [7, 11) is -5.28. The SMILES string of the molecule is O=S(=O)(N1CCC(c2nc3ccc(-c4ccncc4)cn3n2)CC1)C(F)(F)F. The second-order valence-corrected chi connectivity index (χ2v) is 8.48. The monoisotopic (exact) mass is 411 g/mol. The predicted molar refractivity (Wildman–Crippen MR) is 94.7 cm³/mol. The van der Waals surface area contributed by atoms with Gasteiger partial charge in [0.15, 0.2) is 11.5 Å². The van der Waals surface area contributed by atoms with Crippen LogP contribution in [-0.2, 0) is 10.0 Å². The number of sulfonamides is 1. The second kappa shape index (κ2) is 6.82. The Hall–Kier alpha value is -2.53. The molecule has 1 saturated heterocycles. The summed E-state index contributed by atoms with van der Waals surface area (Å²) >= 11 is 0. The van der Waals surface area contributed by atoms with Crippen molar-refractivity contribution in [1.29, 1.82) is 0 Å². The summed E-state index contributed by atoms with van der Waals surface area (Å²) in [5, 5.41) is 4.46. The minimum absolute atomic E-state index is 0.191. The molecule has 0 radical (unpaired) electrons. The van der Waals surface area contributed by atoms with Crippen LogP contribution in [0.5, 0.6) is 0 Å². The Morgan fingerprint density at radius 2 is 1.68 bits per heavy atom. The van der Waals surface area contributed by atoms with E-state index in [0.29, 0.717) is 15.8 Å². The largest absolute Gasteiger partial charge is 0.511 e. The highest BCUT2D eigenvalue weighted by molar-refractivity contribution is 7.90. The van der Waals surface area contributed by atoms with Crippen LogP contribution in [0.1, 0.15) is 24.6 Å². The van der Waals surface area contributed by atoms with E-state index in [1.165, 1.54) is 0 Å². The molecule has 0 unspecified atom stereocenters. The van der Waals surface area contributed by atoms with Crippen molar-refractivity contribution in [2.24, 2.45) is 0 Å². The average molecular weight is 411 g/mol. The third kappa shape index (κ3) is 3.35. The van der Waals surface area contributed by atoms with Crippen LogP contribution in [0.3, 0.4) is 0 Å². The van der Waals surface area contributed by atoms with Crippen molar-refractivity contribution in [2.75, 3.05) is 13.1 Å². The maximum absolute atomic E-state index is 12.7. The van der Waals surface area contributed by atoms with Gasteiger partial charge < -0.3 is 0 Å². The topological polar surface area (TPSA) is 80.5 Å². The van der Waals surface area contributed by atoms with Crippen LogP contribution in [0.2, 0.25) is 0 Å². The summed E-state index contributed by atoms with van der Waals surface area (Å²) in [6, 6.07) is 7.46. The van der Waals surface area contributed by atoms with Crippen molar-refractivity contribution in [3.05, 3.63) is 48.7 Å². The number of piperidine rings is 1. The molecule has 0 aliphatic carbocycles. The van der Waals surface area contributed by atoms with Crippen LogP contribution >= 0.6 is 0 Å². The fourth-order valence-electron chi connectivity index (χ4n) is 3.29. The fourth-order valence-corrected chi connectivity index (χ4v) is 4.27. The number of aromatic nitrogens is 4. The molecule has 1 aliphatic heterocycles. The van der Waals surface area contributed by atoms with E-state index in [1.54, 1.807) is 16.9 Å². The fraction of sp³-hybridized carbons (Fsp3) is 0.353. The zero-order valence-electron chi connectivity index (χ0n) is 14.5. The van der Waals surface area contributed by atoms with Gasteiger partial charge in [-0.25, -0.2) is 17.9 Å². The molecule has 0 spiro atoms. The van der Waals surface area contributed by atoms with Gasteiger partial charge in [-0.2, -0.15) is 22.6 Å². The number of pyridine rings is 2. The Kier molecular flexibility index (Phi) is 4.58. The van der Waals surface area contributed by atoms with E-state index in [4.69, 9.17) is 0 Å². The first-order valence-corrected chi connectivity index (χ1v) is 10.0. The van der Waals surface area contributed by atoms with Gasteiger partial charge in [0.1, 0.15) is 0 Å². The molecule has 1 aliphatic rings. The number of nitrogens with zero attached hydrogens (tertiary/aromatic N) is 5. The molecule has 11 heteroatoms. The van der Waals surface area contributed by atoms with E-state index in [1.807, 2.05) is 30.5 Å². The lowest BCUT2D eigenvalue weighted by Gasteiger charge is -2.30. The highest BCUT2D eigenvalue weighted by Gasteiger charge is 2.50. The van der Waals surface area contributed by atoms with Crippen LogP contribution in [0, 0.1) is 0 Å². The summed E-state index contributed by atoms with van der Waals surface area (Å²) in [6.07, 6.45) is 5.68. The normalized spacial score (nSPS) is 17.2. The van der Waals surface area contributed by atoms with Crippen molar-refractivity contribution >= 4 is 15.7 Å². The van der Waals surface area contributed by atoms with Crippen LogP contribution in [0.25, 0.3) is 16.8 Å². The lowest BCUT2D eigenvalue weighted by Crippen LogP contribution is -2.44. The molecule has 148 valence electrons. The highest BCUT2D eigenvalue weighted by atomic mass is 32.2. The standard InChI is InChI=1S/C17H16F3N5O2S/c18-17(19,20)28(26,27)24-9-5-13(6-10-24)16-22-15-2-1-14(11-25(15)23-16)12-3-7-21-8-4-12/h1-4,7-8,11,13H,5-6,9-10H2. The number of halogens is 3. The minimum atomic E-state index is -5.28. The molecular weight excluding hydrogens is 395 g/mol. The first kappa shape index (κ1) is 18.8. The van der Waals surface area contributed by atoms with E-state index in [2.05, 4.69) is 15.1 Å². The summed E-state index contributed by atoms with van der Waals surface area (Å²) in [5.41, 5.74) is -2.75. The first-order valence-electron chi connectivity index (χ1n) is 8.59. The molecule has 4 rings (SSSR count). The van der Waals surface area contributed by atoms with Crippen LogP contribution in [-0.4, -0.2) is 50.9 Å². The number of rotatable bonds is 3. The highest BCUT2D eigenvalue weighted by Crippen LogP contribution is 2.33. The Balaban J connectivity index is 1.53. The van der Waals surface area contributed by atoms with Crippen molar-refractivity contribution in [1.82, 2.24) is 23.9 Å². The molecule has 0 atom stereocenters. The molecule has 4 heterocycles. The van der Waals surface area contributed by atoms with Gasteiger partial charge in [0, 0.05) is 43.2 Å². The molecule has 0 N–H and O–H groups in total. The molecule has 0 saturated carbocycles. The zero-order valence-corrected chi connectivity index (χ0v) is 15.4. The molecule has 7 nitrogen and oxygen atoms in total. The lowest BCUT2D eigenvalue weighted by molar-refractivity contribution is -0.0494. The zero-order chi connectivity index (χ0) is 19.9. The van der Waals surface area contributed by atoms with Gasteiger partial charge in [-0.3, -0.25) is 4.98 Å². The lowest BCUT2D eigenvalue weighted by atomic mass is 9.98. The van der Waals surface area contributed by atoms with Crippen molar-refractivity contribution < 1.29 is 21.6 Å². The summed E-state index contributed by atoms with van der Waals surface area (Å²) in [4.78, 5) is 8.44. The third-order valence-corrected chi connectivity index (χ3v) is 6.44. The Morgan fingerprint density at radius 1 is 1.00 bits per heavy atom. The molecule has 3 aromatic rings. The van der Waals surface area contributed by atoms with Gasteiger partial charge in [-0.1, -0.05) is 0 Å². The van der Waals surface area contributed by atoms with Crippen molar-refractivity contribution in [3.8, 4) is 11.1 Å². The van der Waals surface area contributed by atoms with Crippen LogP contribution in [0.15, 0.2) is 42.9 Å². The average Bonchev–Trinajstić information content (AvgIpc) is 3.11. The van der Waals surface area contributed by atoms with Crippen LogP contribution in [0.4, 0.5) is 13.2 Å². The molecule has 0 bridgehead atoms.